The minimum atomic E-state index is -0.212. The Morgan fingerprint density at radius 3 is 2.62 bits per heavy atom. The van der Waals surface area contributed by atoms with Crippen LogP contribution in [-0.2, 0) is 0 Å². The first-order chi connectivity index (χ1) is 10.3. The summed E-state index contributed by atoms with van der Waals surface area (Å²) < 4.78 is 0. The third-order valence-corrected chi connectivity index (χ3v) is 3.15. The second-order valence-corrected chi connectivity index (χ2v) is 4.55. The number of nitrogen functional groups attached to an aromatic ring is 1. The van der Waals surface area contributed by atoms with Crippen LogP contribution >= 0.6 is 0 Å². The quantitative estimate of drug-likeness (QED) is 0.508. The van der Waals surface area contributed by atoms with E-state index in [1.807, 2.05) is 30.3 Å². The number of hydrogen-bond donors (Lipinski definition) is 3. The molecule has 21 heavy (non-hydrogen) atoms. The lowest BCUT2D eigenvalue weighted by Crippen LogP contribution is -2.29. The van der Waals surface area contributed by atoms with E-state index in [2.05, 4.69) is 15.8 Å². The normalized spacial score (nSPS) is 10.3. The van der Waals surface area contributed by atoms with Crippen LogP contribution in [0.1, 0.15) is 10.4 Å². The molecule has 0 radical (unpaired) electrons. The maximum atomic E-state index is 12.0. The molecule has 1 heterocycles. The number of hydrogen-bond acceptors (Lipinski definition) is 4. The molecule has 0 spiro atoms. The van der Waals surface area contributed by atoms with Gasteiger partial charge in [-0.25, -0.2) is 0 Å². The predicted molar refractivity (Wildman–Crippen MR) is 83.7 cm³/mol. The Kier molecular flexibility index (Phi) is 3.39. The van der Waals surface area contributed by atoms with Gasteiger partial charge in [-0.2, -0.15) is 0 Å². The van der Waals surface area contributed by atoms with E-state index in [1.54, 1.807) is 30.5 Å². The minimum absolute atomic E-state index is 0.212. The molecule has 5 nitrogen and oxygen atoms in total. The van der Waals surface area contributed by atoms with Gasteiger partial charge in [-0.15, -0.1) is 0 Å². The van der Waals surface area contributed by atoms with Crippen LogP contribution in [0.2, 0.25) is 0 Å². The molecule has 0 aliphatic carbocycles. The minimum Gasteiger partial charge on any atom is -0.398 e. The van der Waals surface area contributed by atoms with Crippen molar-refractivity contribution < 1.29 is 4.79 Å². The molecule has 5 heteroatoms. The average Bonchev–Trinajstić information content (AvgIpc) is 2.55. The van der Waals surface area contributed by atoms with Gasteiger partial charge in [0.15, 0.2) is 0 Å². The van der Waals surface area contributed by atoms with Gasteiger partial charge in [-0.1, -0.05) is 18.2 Å². The van der Waals surface area contributed by atoms with Gasteiger partial charge in [0.05, 0.1) is 11.2 Å². The Balaban J connectivity index is 1.83. The fourth-order valence-electron chi connectivity index (χ4n) is 2.08. The lowest BCUT2D eigenvalue weighted by Gasteiger charge is -2.11. The summed E-state index contributed by atoms with van der Waals surface area (Å²) in [5.74, 6) is -0.212. The Morgan fingerprint density at radius 2 is 1.81 bits per heavy atom. The standard InChI is InChI=1S/C16H14N4O/c17-13-8-9-14(15-12(13)7-4-10-18-15)19-20-16(21)11-5-2-1-3-6-11/h1-10,19H,17H2,(H,20,21). The molecule has 0 saturated carbocycles. The largest absolute Gasteiger partial charge is 0.398 e. The molecule has 0 fully saturated rings. The number of carbonyl (C=O) groups excluding carboxylic acids is 1. The van der Waals surface area contributed by atoms with Crippen LogP contribution in [0.4, 0.5) is 11.4 Å². The zero-order valence-electron chi connectivity index (χ0n) is 11.2. The summed E-state index contributed by atoms with van der Waals surface area (Å²) in [6.45, 7) is 0. The molecule has 104 valence electrons. The number of anilines is 2. The van der Waals surface area contributed by atoms with E-state index in [1.165, 1.54) is 0 Å². The zero-order chi connectivity index (χ0) is 14.7. The Bertz CT molecular complexity index is 787. The first-order valence-electron chi connectivity index (χ1n) is 6.50. The van der Waals surface area contributed by atoms with Gasteiger partial charge >= 0.3 is 0 Å². The number of benzene rings is 2. The van der Waals surface area contributed by atoms with Crippen molar-refractivity contribution >= 4 is 28.2 Å². The molecular weight excluding hydrogens is 264 g/mol. The number of rotatable bonds is 3. The molecule has 0 aliphatic heterocycles. The van der Waals surface area contributed by atoms with Crippen LogP contribution in [0, 0.1) is 0 Å². The highest BCUT2D eigenvalue weighted by Gasteiger charge is 2.07. The van der Waals surface area contributed by atoms with Gasteiger partial charge in [0, 0.05) is 22.8 Å². The van der Waals surface area contributed by atoms with Crippen LogP contribution in [0.3, 0.4) is 0 Å². The third kappa shape index (κ3) is 2.62. The number of nitrogens with two attached hydrogens (primary N) is 1. The van der Waals surface area contributed by atoms with E-state index < -0.39 is 0 Å². The molecule has 0 aliphatic rings. The van der Waals surface area contributed by atoms with Crippen molar-refractivity contribution in [1.29, 1.82) is 0 Å². The number of aromatic nitrogens is 1. The van der Waals surface area contributed by atoms with Gasteiger partial charge in [-0.05, 0) is 36.4 Å². The lowest BCUT2D eigenvalue weighted by molar-refractivity contribution is 0.0962. The molecule has 3 rings (SSSR count). The summed E-state index contributed by atoms with van der Waals surface area (Å²) in [6, 6.07) is 16.3. The van der Waals surface area contributed by atoms with E-state index in [0.717, 1.165) is 5.39 Å². The van der Waals surface area contributed by atoms with Crippen LogP contribution in [0.5, 0.6) is 0 Å². The van der Waals surface area contributed by atoms with E-state index >= 15 is 0 Å². The maximum absolute atomic E-state index is 12.0. The smallest absolute Gasteiger partial charge is 0.269 e. The summed E-state index contributed by atoms with van der Waals surface area (Å²) in [7, 11) is 0. The van der Waals surface area contributed by atoms with Crippen molar-refractivity contribution in [3.63, 3.8) is 0 Å². The first-order valence-corrected chi connectivity index (χ1v) is 6.50. The molecule has 1 amide bonds. The van der Waals surface area contributed by atoms with Crippen molar-refractivity contribution in [2.45, 2.75) is 0 Å². The lowest BCUT2D eigenvalue weighted by atomic mass is 10.1. The second-order valence-electron chi connectivity index (χ2n) is 4.55. The van der Waals surface area contributed by atoms with Crippen LogP contribution in [0.15, 0.2) is 60.8 Å². The third-order valence-electron chi connectivity index (χ3n) is 3.15. The fraction of sp³-hybridized carbons (Fsp3) is 0. The van der Waals surface area contributed by atoms with Gasteiger partial charge in [-0.3, -0.25) is 20.6 Å². The summed E-state index contributed by atoms with van der Waals surface area (Å²) in [5.41, 5.74) is 14.1. The molecular formula is C16H14N4O. The molecule has 3 aromatic rings. The molecule has 2 aromatic carbocycles. The van der Waals surface area contributed by atoms with Crippen molar-refractivity contribution in [2.75, 3.05) is 11.2 Å². The molecule has 4 N–H and O–H groups in total. The molecule has 0 unspecified atom stereocenters. The number of amides is 1. The van der Waals surface area contributed by atoms with Crippen LogP contribution in [0.25, 0.3) is 10.9 Å². The van der Waals surface area contributed by atoms with Gasteiger partial charge in [0.2, 0.25) is 0 Å². The molecule has 1 aromatic heterocycles. The number of fused-ring (bicyclic) bond motifs is 1. The van der Waals surface area contributed by atoms with E-state index in [9.17, 15) is 4.79 Å². The summed E-state index contributed by atoms with van der Waals surface area (Å²) >= 11 is 0. The Morgan fingerprint density at radius 1 is 1.00 bits per heavy atom. The molecule has 0 bridgehead atoms. The highest BCUT2D eigenvalue weighted by molar-refractivity contribution is 6.00. The zero-order valence-corrected chi connectivity index (χ0v) is 11.2. The second kappa shape index (κ2) is 5.50. The topological polar surface area (TPSA) is 80.0 Å². The highest BCUT2D eigenvalue weighted by atomic mass is 16.2. The maximum Gasteiger partial charge on any atom is 0.269 e. The molecule has 0 saturated heterocycles. The number of pyridine rings is 1. The van der Waals surface area contributed by atoms with E-state index in [-0.39, 0.29) is 5.91 Å². The average molecular weight is 278 g/mol. The van der Waals surface area contributed by atoms with Crippen LogP contribution in [-0.4, -0.2) is 10.9 Å². The number of nitrogens with zero attached hydrogens (tertiary/aromatic N) is 1. The predicted octanol–water partition coefficient (Wildman–Crippen LogP) is 2.57. The Labute approximate surface area is 121 Å². The van der Waals surface area contributed by atoms with Gasteiger partial charge in [0.25, 0.3) is 5.91 Å². The summed E-state index contributed by atoms with van der Waals surface area (Å²) in [6.07, 6.45) is 1.69. The van der Waals surface area contributed by atoms with Crippen molar-refractivity contribution in [2.24, 2.45) is 0 Å². The molecule has 0 atom stereocenters. The monoisotopic (exact) mass is 278 g/mol. The van der Waals surface area contributed by atoms with Crippen molar-refractivity contribution in [3.05, 3.63) is 66.4 Å². The number of hydrazine groups is 1. The van der Waals surface area contributed by atoms with Crippen molar-refractivity contribution in [3.8, 4) is 0 Å². The Hall–Kier alpha value is -3.08. The van der Waals surface area contributed by atoms with Gasteiger partial charge in [0.1, 0.15) is 0 Å². The van der Waals surface area contributed by atoms with Gasteiger partial charge < -0.3 is 5.73 Å². The highest BCUT2D eigenvalue weighted by Crippen LogP contribution is 2.25. The fourth-order valence-corrected chi connectivity index (χ4v) is 2.08. The van der Waals surface area contributed by atoms with E-state index in [4.69, 9.17) is 5.73 Å². The van der Waals surface area contributed by atoms with E-state index in [0.29, 0.717) is 22.5 Å². The summed E-state index contributed by atoms with van der Waals surface area (Å²) in [5, 5.41) is 0.844. The number of carbonyl (C=O) groups is 1. The first kappa shape index (κ1) is 12.9. The SMILES string of the molecule is Nc1ccc(NNC(=O)c2ccccc2)c2ncccc12. The van der Waals surface area contributed by atoms with Crippen LogP contribution < -0.4 is 16.6 Å². The summed E-state index contributed by atoms with van der Waals surface area (Å²) in [4.78, 5) is 16.3. The number of nitrogens with one attached hydrogen (secondary N) is 2. The van der Waals surface area contributed by atoms with Crippen molar-refractivity contribution in [1.82, 2.24) is 10.4 Å².